The maximum absolute atomic E-state index is 13.3. The quantitative estimate of drug-likeness (QED) is 0.206. The van der Waals surface area contributed by atoms with Crippen LogP contribution in [-0.2, 0) is 14.3 Å². The monoisotopic (exact) mass is 524 g/mol. The molecule has 0 bridgehead atoms. The van der Waals surface area contributed by atoms with Crippen molar-refractivity contribution in [3.8, 4) is 0 Å². The minimum atomic E-state index is -0.969. The summed E-state index contributed by atoms with van der Waals surface area (Å²) in [5.74, 6) is -2.69. The minimum absolute atomic E-state index is 0.112. The molecule has 1 saturated heterocycles. The first-order chi connectivity index (χ1) is 17.1. The fourth-order valence-electron chi connectivity index (χ4n) is 4.07. The number of carbonyl (C=O) groups is 3. The number of carbonyl (C=O) groups excluding carboxylic acids is 3. The number of anilines is 2. The second-order valence-corrected chi connectivity index (χ2v) is 9.14. The summed E-state index contributed by atoms with van der Waals surface area (Å²) in [6.07, 6.45) is 0. The Bertz CT molecular complexity index is 1400. The molecule has 1 amide bonds. The van der Waals surface area contributed by atoms with Crippen LogP contribution in [0, 0.1) is 0 Å². The Morgan fingerprint density at radius 2 is 1.64 bits per heavy atom. The first-order valence-electron chi connectivity index (χ1n) is 10.9. The molecule has 184 valence electrons. The highest BCUT2D eigenvalue weighted by Crippen LogP contribution is 2.43. The maximum atomic E-state index is 13.3. The molecule has 7 nitrogen and oxygen atoms in total. The first kappa shape index (κ1) is 25.3. The molecular weight excluding hydrogens is 503 g/mol. The van der Waals surface area contributed by atoms with Crippen molar-refractivity contribution < 1.29 is 24.2 Å². The van der Waals surface area contributed by atoms with Gasteiger partial charge in [0.05, 0.1) is 34.3 Å². The van der Waals surface area contributed by atoms with Crippen LogP contribution in [0.5, 0.6) is 0 Å². The molecule has 1 atom stereocenters. The van der Waals surface area contributed by atoms with Crippen molar-refractivity contribution in [3.63, 3.8) is 0 Å². The van der Waals surface area contributed by atoms with E-state index in [1.54, 1.807) is 30.3 Å². The molecule has 0 aliphatic carbocycles. The van der Waals surface area contributed by atoms with E-state index in [0.29, 0.717) is 11.3 Å². The van der Waals surface area contributed by atoms with E-state index in [1.807, 2.05) is 31.1 Å². The van der Waals surface area contributed by atoms with E-state index in [9.17, 15) is 19.5 Å². The number of esters is 1. The third-order valence-corrected chi connectivity index (χ3v) is 6.65. The van der Waals surface area contributed by atoms with Crippen LogP contribution in [0.15, 0.2) is 72.3 Å². The highest BCUT2D eigenvalue weighted by Gasteiger charge is 2.47. The van der Waals surface area contributed by atoms with Gasteiger partial charge in [0, 0.05) is 31.0 Å². The van der Waals surface area contributed by atoms with Gasteiger partial charge in [-0.3, -0.25) is 14.5 Å². The predicted molar refractivity (Wildman–Crippen MR) is 140 cm³/mol. The Hall–Kier alpha value is -3.81. The maximum Gasteiger partial charge on any atom is 0.337 e. The molecule has 0 radical (unpaired) electrons. The molecule has 3 aromatic carbocycles. The molecule has 1 unspecified atom stereocenters. The van der Waals surface area contributed by atoms with Crippen LogP contribution in [0.4, 0.5) is 11.4 Å². The van der Waals surface area contributed by atoms with Crippen LogP contribution in [0.2, 0.25) is 10.0 Å². The number of methoxy groups -OCH3 is 1. The zero-order valence-electron chi connectivity index (χ0n) is 19.7. The Labute approximate surface area is 218 Å². The lowest BCUT2D eigenvalue weighted by atomic mass is 9.95. The average Bonchev–Trinajstić information content (AvgIpc) is 3.15. The van der Waals surface area contributed by atoms with E-state index in [0.717, 1.165) is 5.69 Å². The molecule has 1 aliphatic rings. The number of aliphatic hydroxyl groups is 1. The number of amides is 1. The summed E-state index contributed by atoms with van der Waals surface area (Å²) in [5, 5.41) is 11.7. The van der Waals surface area contributed by atoms with Crippen LogP contribution in [0.3, 0.4) is 0 Å². The standard InChI is InChI=1S/C27H22Cl2N2O5/c1-30(2)18-10-7-15(8-11-18)23-22(24(32)16-9-12-20(28)21(29)14-16)25(33)26(34)31(23)19-6-4-5-17(13-19)27(35)36-3/h4-14,23,32H,1-3H3/b24-22+. The molecular formula is C27H22Cl2N2O5. The summed E-state index contributed by atoms with van der Waals surface area (Å²) in [5.41, 5.74) is 2.14. The summed E-state index contributed by atoms with van der Waals surface area (Å²) < 4.78 is 4.80. The van der Waals surface area contributed by atoms with Gasteiger partial charge in [0.1, 0.15) is 5.76 Å². The number of Topliss-reactive ketones (excluding diaryl/α,β-unsaturated/α-hetero) is 1. The van der Waals surface area contributed by atoms with E-state index in [2.05, 4.69) is 0 Å². The van der Waals surface area contributed by atoms with Crippen molar-refractivity contribution in [2.75, 3.05) is 31.0 Å². The predicted octanol–water partition coefficient (Wildman–Crippen LogP) is 5.47. The van der Waals surface area contributed by atoms with Crippen molar-refractivity contribution in [2.24, 2.45) is 0 Å². The van der Waals surface area contributed by atoms with Gasteiger partial charge in [0.2, 0.25) is 0 Å². The number of rotatable bonds is 5. The van der Waals surface area contributed by atoms with Gasteiger partial charge in [-0.1, -0.05) is 41.4 Å². The molecule has 4 rings (SSSR count). The molecule has 1 heterocycles. The van der Waals surface area contributed by atoms with E-state index in [1.165, 1.54) is 36.3 Å². The van der Waals surface area contributed by atoms with Crippen LogP contribution in [0.1, 0.15) is 27.5 Å². The van der Waals surface area contributed by atoms with E-state index in [4.69, 9.17) is 27.9 Å². The Kier molecular flexibility index (Phi) is 7.06. The zero-order valence-corrected chi connectivity index (χ0v) is 21.2. The van der Waals surface area contributed by atoms with Crippen LogP contribution < -0.4 is 9.80 Å². The lowest BCUT2D eigenvalue weighted by molar-refractivity contribution is -0.132. The lowest BCUT2D eigenvalue weighted by Gasteiger charge is -2.26. The largest absolute Gasteiger partial charge is 0.507 e. The van der Waals surface area contributed by atoms with Crippen molar-refractivity contribution in [3.05, 3.63) is 99.0 Å². The summed E-state index contributed by atoms with van der Waals surface area (Å²) in [4.78, 5) is 42.0. The van der Waals surface area contributed by atoms with E-state index < -0.39 is 23.7 Å². The number of ether oxygens (including phenoxy) is 1. The number of hydrogen-bond donors (Lipinski definition) is 1. The highest BCUT2D eigenvalue weighted by molar-refractivity contribution is 6.52. The fraction of sp³-hybridized carbons (Fsp3) is 0.148. The minimum Gasteiger partial charge on any atom is -0.507 e. The normalized spacial score (nSPS) is 16.8. The SMILES string of the molecule is COC(=O)c1cccc(N2C(=O)C(=O)/C(=C(/O)c3ccc(Cl)c(Cl)c3)C2c2ccc(N(C)C)cc2)c1. The third-order valence-electron chi connectivity index (χ3n) is 5.91. The topological polar surface area (TPSA) is 87.1 Å². The summed E-state index contributed by atoms with van der Waals surface area (Å²) >= 11 is 12.2. The van der Waals surface area contributed by atoms with Gasteiger partial charge in [0.15, 0.2) is 0 Å². The highest BCUT2D eigenvalue weighted by atomic mass is 35.5. The number of nitrogens with zero attached hydrogens (tertiary/aromatic N) is 2. The second-order valence-electron chi connectivity index (χ2n) is 8.33. The molecule has 36 heavy (non-hydrogen) atoms. The summed E-state index contributed by atoms with van der Waals surface area (Å²) in [6.45, 7) is 0. The third kappa shape index (κ3) is 4.55. The number of halogens is 2. The molecule has 0 saturated carbocycles. The van der Waals surface area contributed by atoms with Crippen molar-refractivity contribution in [1.29, 1.82) is 0 Å². The van der Waals surface area contributed by atoms with E-state index >= 15 is 0 Å². The summed E-state index contributed by atoms with van der Waals surface area (Å²) in [7, 11) is 5.04. The number of ketones is 1. The van der Waals surface area contributed by atoms with Gasteiger partial charge in [0.25, 0.3) is 11.7 Å². The molecule has 0 spiro atoms. The van der Waals surface area contributed by atoms with Gasteiger partial charge >= 0.3 is 5.97 Å². The fourth-order valence-corrected chi connectivity index (χ4v) is 4.37. The van der Waals surface area contributed by atoms with Gasteiger partial charge in [-0.15, -0.1) is 0 Å². The molecule has 1 aliphatic heterocycles. The van der Waals surface area contributed by atoms with Gasteiger partial charge in [-0.05, 0) is 54.1 Å². The van der Waals surface area contributed by atoms with E-state index in [-0.39, 0.29) is 32.5 Å². The summed E-state index contributed by atoms with van der Waals surface area (Å²) in [6, 6.07) is 16.9. The number of hydrogen-bond acceptors (Lipinski definition) is 6. The van der Waals surface area contributed by atoms with Crippen LogP contribution in [0.25, 0.3) is 5.76 Å². The first-order valence-corrected chi connectivity index (χ1v) is 11.6. The molecule has 0 aromatic heterocycles. The number of aliphatic hydroxyl groups excluding tert-OH is 1. The van der Waals surface area contributed by atoms with Crippen molar-refractivity contribution >= 4 is 58.0 Å². The zero-order chi connectivity index (χ0) is 26.1. The smallest absolute Gasteiger partial charge is 0.337 e. The van der Waals surface area contributed by atoms with Crippen molar-refractivity contribution in [1.82, 2.24) is 0 Å². The van der Waals surface area contributed by atoms with Crippen LogP contribution >= 0.6 is 23.2 Å². The molecule has 1 N–H and O–H groups in total. The molecule has 1 fully saturated rings. The Balaban J connectivity index is 1.94. The van der Waals surface area contributed by atoms with Crippen LogP contribution in [-0.4, -0.2) is 44.0 Å². The number of benzene rings is 3. The van der Waals surface area contributed by atoms with Crippen molar-refractivity contribution in [2.45, 2.75) is 6.04 Å². The van der Waals surface area contributed by atoms with Gasteiger partial charge in [-0.25, -0.2) is 4.79 Å². The molecule has 3 aromatic rings. The molecule has 9 heteroatoms. The second kappa shape index (κ2) is 10.0. The Morgan fingerprint density at radius 1 is 0.944 bits per heavy atom. The average molecular weight is 525 g/mol. The Morgan fingerprint density at radius 3 is 2.25 bits per heavy atom. The lowest BCUT2D eigenvalue weighted by Crippen LogP contribution is -2.29. The van der Waals surface area contributed by atoms with Gasteiger partial charge in [-0.2, -0.15) is 0 Å². The van der Waals surface area contributed by atoms with Gasteiger partial charge < -0.3 is 14.7 Å².